The van der Waals surface area contributed by atoms with Crippen molar-refractivity contribution in [3.63, 3.8) is 0 Å². The predicted molar refractivity (Wildman–Crippen MR) is 85.9 cm³/mol. The van der Waals surface area contributed by atoms with Gasteiger partial charge in [0.2, 0.25) is 0 Å². The number of benzene rings is 1. The summed E-state index contributed by atoms with van der Waals surface area (Å²) in [5, 5.41) is 4.24. The molecule has 1 heterocycles. The number of methoxy groups -OCH3 is 1. The van der Waals surface area contributed by atoms with Gasteiger partial charge in [0.15, 0.2) is 0 Å². The van der Waals surface area contributed by atoms with Crippen LogP contribution in [0.15, 0.2) is 23.2 Å². The van der Waals surface area contributed by atoms with Crippen molar-refractivity contribution >= 4 is 15.7 Å². The largest absolute Gasteiger partial charge is 0.496 e. The van der Waals surface area contributed by atoms with E-state index in [2.05, 4.69) is 9.82 Å². The van der Waals surface area contributed by atoms with E-state index in [0.717, 1.165) is 5.56 Å². The van der Waals surface area contributed by atoms with Crippen molar-refractivity contribution in [3.8, 4) is 5.75 Å². The lowest BCUT2D eigenvalue weighted by molar-refractivity contribution is 0.411. The number of ether oxygens (including phenoxy) is 1. The first-order valence-electron chi connectivity index (χ1n) is 6.99. The van der Waals surface area contributed by atoms with Crippen LogP contribution in [0.25, 0.3) is 0 Å². The standard InChI is InChI=1S/C15H21N3O3S/c1-6-12-13(9-18(4)16-12)17-22(19,20)15-8-10(2)14(21-5)7-11(15)3/h7-9,17H,6H2,1-5H3. The average Bonchev–Trinajstić information content (AvgIpc) is 2.79. The molecular formula is C15H21N3O3S. The molecule has 0 aliphatic carbocycles. The second kappa shape index (κ2) is 6.00. The van der Waals surface area contributed by atoms with E-state index in [1.807, 2.05) is 13.8 Å². The zero-order chi connectivity index (χ0) is 16.5. The zero-order valence-electron chi connectivity index (χ0n) is 13.5. The van der Waals surface area contributed by atoms with Crippen molar-refractivity contribution in [1.29, 1.82) is 0 Å². The molecule has 2 rings (SSSR count). The fraction of sp³-hybridized carbons (Fsp3) is 0.400. The molecule has 0 saturated heterocycles. The summed E-state index contributed by atoms with van der Waals surface area (Å²) < 4.78 is 34.8. The minimum atomic E-state index is -3.67. The third-order valence-corrected chi connectivity index (χ3v) is 4.97. The van der Waals surface area contributed by atoms with Gasteiger partial charge in [0.25, 0.3) is 10.0 Å². The second-order valence-corrected chi connectivity index (χ2v) is 6.86. The Balaban J connectivity index is 2.45. The van der Waals surface area contributed by atoms with Gasteiger partial charge in [-0.3, -0.25) is 9.40 Å². The van der Waals surface area contributed by atoms with Gasteiger partial charge < -0.3 is 4.74 Å². The number of rotatable bonds is 5. The minimum Gasteiger partial charge on any atom is -0.496 e. The van der Waals surface area contributed by atoms with Crippen molar-refractivity contribution in [2.24, 2.45) is 7.05 Å². The number of aromatic nitrogens is 2. The molecule has 0 radical (unpaired) electrons. The summed E-state index contributed by atoms with van der Waals surface area (Å²) in [5.74, 6) is 0.673. The van der Waals surface area contributed by atoms with Crippen LogP contribution in [0.5, 0.6) is 5.75 Å². The third kappa shape index (κ3) is 3.09. The molecule has 1 N–H and O–H groups in total. The van der Waals surface area contributed by atoms with E-state index in [0.29, 0.717) is 29.1 Å². The maximum absolute atomic E-state index is 12.7. The van der Waals surface area contributed by atoms with Gasteiger partial charge in [0.05, 0.1) is 23.4 Å². The van der Waals surface area contributed by atoms with Crippen LogP contribution in [-0.2, 0) is 23.5 Å². The number of aryl methyl sites for hydroxylation is 4. The lowest BCUT2D eigenvalue weighted by Crippen LogP contribution is -2.15. The maximum atomic E-state index is 12.7. The average molecular weight is 323 g/mol. The van der Waals surface area contributed by atoms with E-state index in [1.54, 1.807) is 44.1 Å². The molecule has 0 amide bonds. The van der Waals surface area contributed by atoms with Crippen LogP contribution in [0.2, 0.25) is 0 Å². The highest BCUT2D eigenvalue weighted by atomic mass is 32.2. The van der Waals surface area contributed by atoms with Gasteiger partial charge >= 0.3 is 0 Å². The van der Waals surface area contributed by atoms with Crippen molar-refractivity contribution < 1.29 is 13.2 Å². The Hall–Kier alpha value is -2.02. The molecule has 0 fully saturated rings. The van der Waals surface area contributed by atoms with Gasteiger partial charge in [-0.2, -0.15) is 5.10 Å². The number of anilines is 1. The highest BCUT2D eigenvalue weighted by Crippen LogP contribution is 2.27. The smallest absolute Gasteiger partial charge is 0.262 e. The van der Waals surface area contributed by atoms with Crippen LogP contribution in [-0.4, -0.2) is 25.3 Å². The Morgan fingerprint density at radius 1 is 1.27 bits per heavy atom. The Kier molecular flexibility index (Phi) is 4.46. The summed E-state index contributed by atoms with van der Waals surface area (Å²) in [7, 11) is -0.339. The molecule has 0 spiro atoms. The Labute approximate surface area is 131 Å². The van der Waals surface area contributed by atoms with Crippen molar-refractivity contribution in [3.05, 3.63) is 35.2 Å². The third-order valence-electron chi connectivity index (χ3n) is 3.47. The lowest BCUT2D eigenvalue weighted by atomic mass is 10.1. The molecule has 0 aliphatic heterocycles. The molecule has 2 aromatic rings. The molecule has 6 nitrogen and oxygen atoms in total. The number of hydrogen-bond acceptors (Lipinski definition) is 4. The molecule has 0 aliphatic rings. The molecule has 0 unspecified atom stereocenters. The predicted octanol–water partition coefficient (Wildman–Crippen LogP) is 2.41. The first-order chi connectivity index (χ1) is 10.3. The topological polar surface area (TPSA) is 73.2 Å². The normalized spacial score (nSPS) is 11.5. The lowest BCUT2D eigenvalue weighted by Gasteiger charge is -2.13. The summed E-state index contributed by atoms with van der Waals surface area (Å²) in [6, 6.07) is 3.35. The Morgan fingerprint density at radius 2 is 1.95 bits per heavy atom. The molecule has 0 bridgehead atoms. The van der Waals surface area contributed by atoms with Gasteiger partial charge in [-0.05, 0) is 43.5 Å². The highest BCUT2D eigenvalue weighted by Gasteiger charge is 2.21. The van der Waals surface area contributed by atoms with Crippen LogP contribution in [0, 0.1) is 13.8 Å². The highest BCUT2D eigenvalue weighted by molar-refractivity contribution is 7.92. The minimum absolute atomic E-state index is 0.247. The quantitative estimate of drug-likeness (QED) is 0.917. The summed E-state index contributed by atoms with van der Waals surface area (Å²) in [6.45, 7) is 5.50. The van der Waals surface area contributed by atoms with Gasteiger partial charge in [0.1, 0.15) is 5.75 Å². The summed E-state index contributed by atoms with van der Waals surface area (Å²) in [5.41, 5.74) is 2.64. The van der Waals surface area contributed by atoms with Gasteiger partial charge in [-0.15, -0.1) is 0 Å². The van der Waals surface area contributed by atoms with Crippen LogP contribution < -0.4 is 9.46 Å². The number of hydrogen-bond donors (Lipinski definition) is 1. The number of nitrogens with zero attached hydrogens (tertiary/aromatic N) is 2. The Bertz CT molecular complexity index is 795. The van der Waals surface area contributed by atoms with Gasteiger partial charge in [0, 0.05) is 13.2 Å². The molecule has 7 heteroatoms. The van der Waals surface area contributed by atoms with E-state index in [9.17, 15) is 8.42 Å². The summed E-state index contributed by atoms with van der Waals surface area (Å²) in [4.78, 5) is 0.247. The van der Waals surface area contributed by atoms with E-state index < -0.39 is 10.0 Å². The molecule has 1 aromatic carbocycles. The van der Waals surface area contributed by atoms with Crippen LogP contribution in [0.3, 0.4) is 0 Å². The molecule has 0 atom stereocenters. The van der Waals surface area contributed by atoms with Crippen molar-refractivity contribution in [2.45, 2.75) is 32.1 Å². The summed E-state index contributed by atoms with van der Waals surface area (Å²) in [6.07, 6.45) is 2.32. The maximum Gasteiger partial charge on any atom is 0.262 e. The number of sulfonamides is 1. The Morgan fingerprint density at radius 3 is 2.55 bits per heavy atom. The van der Waals surface area contributed by atoms with Crippen LogP contribution in [0.4, 0.5) is 5.69 Å². The van der Waals surface area contributed by atoms with Crippen molar-refractivity contribution in [1.82, 2.24) is 9.78 Å². The van der Waals surface area contributed by atoms with E-state index in [4.69, 9.17) is 4.74 Å². The van der Waals surface area contributed by atoms with E-state index in [-0.39, 0.29) is 4.90 Å². The first-order valence-corrected chi connectivity index (χ1v) is 8.47. The van der Waals surface area contributed by atoms with Gasteiger partial charge in [-0.25, -0.2) is 8.42 Å². The number of nitrogens with one attached hydrogen (secondary N) is 1. The van der Waals surface area contributed by atoms with Crippen LogP contribution >= 0.6 is 0 Å². The molecule has 120 valence electrons. The second-order valence-electron chi connectivity index (χ2n) is 5.21. The molecule has 22 heavy (non-hydrogen) atoms. The monoisotopic (exact) mass is 323 g/mol. The fourth-order valence-corrected chi connectivity index (χ4v) is 3.74. The van der Waals surface area contributed by atoms with E-state index >= 15 is 0 Å². The first kappa shape index (κ1) is 16.4. The SMILES string of the molecule is CCc1nn(C)cc1NS(=O)(=O)c1cc(C)c(OC)cc1C. The molecular weight excluding hydrogens is 302 g/mol. The molecule has 0 saturated carbocycles. The summed E-state index contributed by atoms with van der Waals surface area (Å²) >= 11 is 0. The van der Waals surface area contributed by atoms with Crippen molar-refractivity contribution in [2.75, 3.05) is 11.8 Å². The zero-order valence-corrected chi connectivity index (χ0v) is 14.3. The fourth-order valence-electron chi connectivity index (χ4n) is 2.35. The van der Waals surface area contributed by atoms with Gasteiger partial charge in [-0.1, -0.05) is 6.92 Å². The van der Waals surface area contributed by atoms with E-state index in [1.165, 1.54) is 0 Å². The molecule has 1 aromatic heterocycles. The van der Waals surface area contributed by atoms with Crippen LogP contribution in [0.1, 0.15) is 23.7 Å².